The molecule has 358 valence electrons. The lowest BCUT2D eigenvalue weighted by atomic mass is 10.00. The molecule has 6 atom stereocenters. The van der Waals surface area contributed by atoms with Crippen LogP contribution >= 0.6 is 0 Å². The molecule has 0 bridgehead atoms. The Morgan fingerprint density at radius 1 is 0.719 bits per heavy atom. The van der Waals surface area contributed by atoms with Gasteiger partial charge in [-0.2, -0.15) is 0 Å². The van der Waals surface area contributed by atoms with Gasteiger partial charge in [-0.3, -0.25) is 33.7 Å². The Morgan fingerprint density at radius 3 is 1.69 bits per heavy atom. The van der Waals surface area contributed by atoms with Crippen LogP contribution < -0.4 is 26.6 Å². The first-order valence-electron chi connectivity index (χ1n) is 22.3. The predicted octanol–water partition coefficient (Wildman–Crippen LogP) is 3.43. The molecule has 0 spiro atoms. The van der Waals surface area contributed by atoms with E-state index in [1.807, 2.05) is 58.0 Å². The number of nitrogens with one attached hydrogen (secondary N) is 5. The van der Waals surface area contributed by atoms with E-state index in [9.17, 15) is 48.3 Å². The van der Waals surface area contributed by atoms with Gasteiger partial charge < -0.3 is 41.2 Å². The number of esters is 1. The van der Waals surface area contributed by atoms with Crippen molar-refractivity contribution in [3.8, 4) is 0 Å². The summed E-state index contributed by atoms with van der Waals surface area (Å²) in [5.41, 5.74) is 0.103. The molecule has 18 heteroatoms. The largest absolute Gasteiger partial charge is 0.480 e. The Bertz CT molecular complexity index is 1770. The number of carboxylic acids is 1. The van der Waals surface area contributed by atoms with Crippen LogP contribution in [0.4, 0.5) is 4.79 Å². The summed E-state index contributed by atoms with van der Waals surface area (Å²) in [5.74, 6) is -6.55. The average Bonchev–Trinajstić information content (AvgIpc) is 3.93. The minimum Gasteiger partial charge on any atom is -0.480 e. The number of carbonyl (C=O) groups excluding carboxylic acids is 8. The van der Waals surface area contributed by atoms with E-state index < -0.39 is 95.1 Å². The van der Waals surface area contributed by atoms with Gasteiger partial charge in [0.25, 0.3) is 11.8 Å². The molecule has 2 aliphatic rings. The number of hydrogen-bond acceptors (Lipinski definition) is 12. The lowest BCUT2D eigenvalue weighted by molar-refractivity contribution is -0.151. The summed E-state index contributed by atoms with van der Waals surface area (Å²) in [6.07, 6.45) is 2.20. The highest BCUT2D eigenvalue weighted by Crippen LogP contribution is 2.22. The normalized spacial score (nSPS) is 18.0. The minimum atomic E-state index is -1.18. The van der Waals surface area contributed by atoms with Crippen LogP contribution in [0, 0.1) is 23.7 Å². The number of aliphatic carboxylic acids is 1. The van der Waals surface area contributed by atoms with Crippen molar-refractivity contribution < 1.29 is 57.7 Å². The summed E-state index contributed by atoms with van der Waals surface area (Å²) < 4.78 is 10.7. The van der Waals surface area contributed by atoms with Crippen LogP contribution in [0.25, 0.3) is 0 Å². The lowest BCUT2D eigenvalue weighted by Gasteiger charge is -2.28. The predicted molar refractivity (Wildman–Crippen MR) is 237 cm³/mol. The fraction of sp³-hybridized carbons (Fsp3) is 0.674. The standard InChI is InChI=1S/C24H35N3O5.C22H37N3O7/c1-15(2)13-19(26-23(30)21(28)18-11-8-12-25-18)22(29)27-20(16(3)4)24(31)32-14-17-9-6-5-7-10-17;1-12(2)11-14(18(27)24-16(13(3)4)20(29)30)23-19(28)17(26)15-9-8-10-25(15)21(31)32-22(5,6)7/h5-7,9-10,15-16,18-20,25H,8,11-14H2,1-4H3,(H,26,30)(H,27,29);12-16H,8-11H2,1-7H3,(H,23,28)(H,24,27)(H,29,30)/t18?,19-,20+;14-,15?,16+/m11/s1. The van der Waals surface area contributed by atoms with Crippen LogP contribution in [0.5, 0.6) is 0 Å². The molecule has 2 unspecified atom stereocenters. The van der Waals surface area contributed by atoms with Gasteiger partial charge in [0.1, 0.15) is 42.4 Å². The lowest BCUT2D eigenvalue weighted by Crippen LogP contribution is -2.56. The molecule has 2 saturated heterocycles. The van der Waals surface area contributed by atoms with Crippen LogP contribution in [0.1, 0.15) is 120 Å². The van der Waals surface area contributed by atoms with E-state index in [4.69, 9.17) is 9.47 Å². The summed E-state index contributed by atoms with van der Waals surface area (Å²) in [4.78, 5) is 114. The van der Waals surface area contributed by atoms with Crippen molar-refractivity contribution in [2.75, 3.05) is 13.1 Å². The van der Waals surface area contributed by atoms with Gasteiger partial charge in [0.2, 0.25) is 23.4 Å². The Balaban J connectivity index is 0.000000440. The van der Waals surface area contributed by atoms with E-state index in [1.54, 1.807) is 48.5 Å². The highest BCUT2D eigenvalue weighted by molar-refractivity contribution is 6.39. The van der Waals surface area contributed by atoms with Crippen molar-refractivity contribution in [1.82, 2.24) is 31.5 Å². The maximum atomic E-state index is 13.0. The average molecular weight is 901 g/mol. The van der Waals surface area contributed by atoms with Crippen LogP contribution in [0.2, 0.25) is 0 Å². The first kappa shape index (κ1) is 54.7. The molecule has 6 N–H and O–H groups in total. The molecule has 0 radical (unpaired) electrons. The molecular weight excluding hydrogens is 829 g/mol. The number of ether oxygens (including phenoxy) is 2. The monoisotopic (exact) mass is 901 g/mol. The highest BCUT2D eigenvalue weighted by Gasteiger charge is 2.41. The molecule has 2 heterocycles. The Morgan fingerprint density at radius 2 is 1.23 bits per heavy atom. The van der Waals surface area contributed by atoms with E-state index in [2.05, 4.69) is 26.6 Å². The zero-order valence-corrected chi connectivity index (χ0v) is 39.4. The van der Waals surface area contributed by atoms with Gasteiger partial charge in [0, 0.05) is 6.54 Å². The van der Waals surface area contributed by atoms with Gasteiger partial charge in [-0.1, -0.05) is 85.7 Å². The molecule has 0 saturated carbocycles. The Labute approximate surface area is 377 Å². The molecule has 0 aliphatic carbocycles. The second-order valence-electron chi connectivity index (χ2n) is 18.9. The minimum absolute atomic E-state index is 0.00628. The van der Waals surface area contributed by atoms with Crippen LogP contribution in [-0.4, -0.2) is 118 Å². The quantitative estimate of drug-likeness (QED) is 0.0812. The second-order valence-corrected chi connectivity index (χ2v) is 18.9. The summed E-state index contributed by atoms with van der Waals surface area (Å²) in [7, 11) is 0. The third-order valence-electron chi connectivity index (χ3n) is 10.3. The van der Waals surface area contributed by atoms with Gasteiger partial charge in [-0.25, -0.2) is 14.4 Å². The number of carbonyl (C=O) groups is 9. The second kappa shape index (κ2) is 25.8. The van der Waals surface area contributed by atoms with Crippen molar-refractivity contribution in [1.29, 1.82) is 0 Å². The van der Waals surface area contributed by atoms with Crippen molar-refractivity contribution >= 4 is 53.2 Å². The number of nitrogens with zero attached hydrogens (tertiary/aromatic N) is 1. The molecule has 18 nitrogen and oxygen atoms in total. The molecule has 2 fully saturated rings. The summed E-state index contributed by atoms with van der Waals surface area (Å²) >= 11 is 0. The third-order valence-corrected chi connectivity index (χ3v) is 10.3. The molecule has 64 heavy (non-hydrogen) atoms. The van der Waals surface area contributed by atoms with Gasteiger partial charge in [-0.15, -0.1) is 0 Å². The number of ketones is 2. The fourth-order valence-electron chi connectivity index (χ4n) is 7.00. The van der Waals surface area contributed by atoms with E-state index in [-0.39, 0.29) is 36.7 Å². The van der Waals surface area contributed by atoms with Crippen LogP contribution in [0.15, 0.2) is 30.3 Å². The summed E-state index contributed by atoms with van der Waals surface area (Å²) in [6.45, 7) is 20.7. The van der Waals surface area contributed by atoms with Gasteiger partial charge >= 0.3 is 18.0 Å². The molecule has 1 aromatic rings. The smallest absolute Gasteiger partial charge is 0.410 e. The fourth-order valence-corrected chi connectivity index (χ4v) is 7.00. The van der Waals surface area contributed by atoms with E-state index >= 15 is 0 Å². The first-order valence-corrected chi connectivity index (χ1v) is 22.3. The summed E-state index contributed by atoms with van der Waals surface area (Å²) in [6, 6.07) is 3.81. The molecule has 1 aromatic carbocycles. The van der Waals surface area contributed by atoms with Gasteiger partial charge in [0.05, 0.1) is 6.04 Å². The van der Waals surface area contributed by atoms with Gasteiger partial charge in [-0.05, 0) is 95.1 Å². The highest BCUT2D eigenvalue weighted by atomic mass is 16.6. The number of amides is 5. The van der Waals surface area contributed by atoms with Crippen molar-refractivity contribution in [2.45, 2.75) is 163 Å². The van der Waals surface area contributed by atoms with Crippen LogP contribution in [0.3, 0.4) is 0 Å². The molecule has 3 rings (SSSR count). The number of likely N-dealkylation sites (tertiary alicyclic amines) is 1. The van der Waals surface area contributed by atoms with Crippen molar-refractivity contribution in [3.05, 3.63) is 35.9 Å². The van der Waals surface area contributed by atoms with Gasteiger partial charge in [0.15, 0.2) is 0 Å². The number of Topliss-reactive ketones (excluding diaryl/α,β-unsaturated/α-hetero) is 2. The zero-order chi connectivity index (χ0) is 48.5. The summed E-state index contributed by atoms with van der Waals surface area (Å²) in [5, 5.41) is 22.5. The number of carboxylic acid groups (broad SMARTS) is 1. The molecule has 2 aliphatic heterocycles. The Hall–Kier alpha value is -5.39. The number of benzene rings is 1. The SMILES string of the molecule is CC(C)C[C@@H](NC(=O)C(=O)C1CCCN1)C(=O)N[C@H](C(=O)OCc1ccccc1)C(C)C.CC(C)C[C@@H](NC(=O)C(=O)C1CCCN1C(=O)OC(C)(C)C)C(=O)N[C@H](C(=O)O)C(C)C. The maximum Gasteiger partial charge on any atom is 0.410 e. The molecular formula is C46H72N6O12. The van der Waals surface area contributed by atoms with E-state index in [0.717, 1.165) is 12.0 Å². The van der Waals surface area contributed by atoms with E-state index in [0.29, 0.717) is 38.8 Å². The van der Waals surface area contributed by atoms with Crippen LogP contribution in [-0.2, 0) is 54.4 Å². The molecule has 5 amide bonds. The maximum absolute atomic E-state index is 13.0. The number of hydrogen-bond donors (Lipinski definition) is 6. The molecule has 0 aromatic heterocycles. The topological polar surface area (TPSA) is 256 Å². The van der Waals surface area contributed by atoms with E-state index in [1.165, 1.54) is 4.90 Å². The third kappa shape index (κ3) is 18.4. The zero-order valence-electron chi connectivity index (χ0n) is 39.4. The van der Waals surface area contributed by atoms with Crippen molar-refractivity contribution in [3.63, 3.8) is 0 Å². The first-order chi connectivity index (χ1) is 29.8. The van der Waals surface area contributed by atoms with Crippen molar-refractivity contribution in [2.24, 2.45) is 23.7 Å². The Kier molecular flexibility index (Phi) is 22.1. The number of rotatable bonds is 20.